The Morgan fingerprint density at radius 1 is 1.04 bits per heavy atom. The predicted octanol–water partition coefficient (Wildman–Crippen LogP) is 0.814. The van der Waals surface area contributed by atoms with Gasteiger partial charge in [-0.25, -0.2) is 0 Å². The molecule has 0 saturated carbocycles. The molecule has 0 bridgehead atoms. The van der Waals surface area contributed by atoms with E-state index in [4.69, 9.17) is 0 Å². The van der Waals surface area contributed by atoms with Crippen LogP contribution in [0.25, 0.3) is 0 Å². The highest BCUT2D eigenvalue weighted by molar-refractivity contribution is 5.83. The molecule has 6 nitrogen and oxygen atoms in total. The number of nitrogens with zero attached hydrogens (tertiary/aromatic N) is 3. The maximum absolute atomic E-state index is 13.0. The fraction of sp³-hybridized carbons (Fsp3) is 0.632. The summed E-state index contributed by atoms with van der Waals surface area (Å²) in [6.07, 6.45) is 5.52. The van der Waals surface area contributed by atoms with Gasteiger partial charge in [0.15, 0.2) is 0 Å². The highest BCUT2D eigenvalue weighted by Gasteiger charge is 2.36. The first-order valence-electron chi connectivity index (χ1n) is 9.43. The zero-order valence-electron chi connectivity index (χ0n) is 14.6. The molecule has 25 heavy (non-hydrogen) atoms. The molecule has 0 aromatic carbocycles. The Kier molecular flexibility index (Phi) is 4.70. The van der Waals surface area contributed by atoms with E-state index in [-0.39, 0.29) is 23.7 Å². The summed E-state index contributed by atoms with van der Waals surface area (Å²) in [6, 6.07) is 3.99. The zero-order valence-corrected chi connectivity index (χ0v) is 14.6. The van der Waals surface area contributed by atoms with Crippen molar-refractivity contribution in [2.24, 2.45) is 11.8 Å². The van der Waals surface area contributed by atoms with Crippen molar-refractivity contribution in [3.63, 3.8) is 0 Å². The summed E-state index contributed by atoms with van der Waals surface area (Å²) in [5.41, 5.74) is 2.26. The number of fused-ring (bicyclic) bond motifs is 1. The molecule has 2 atom stereocenters. The Morgan fingerprint density at radius 3 is 2.52 bits per heavy atom. The highest BCUT2D eigenvalue weighted by atomic mass is 16.2. The number of piperidine rings is 1. The largest absolute Gasteiger partial charge is 0.342 e. The Balaban J connectivity index is 1.39. The second-order valence-corrected chi connectivity index (χ2v) is 7.44. The Bertz CT molecular complexity index is 657. The Labute approximate surface area is 148 Å². The third kappa shape index (κ3) is 3.40. The van der Waals surface area contributed by atoms with E-state index in [1.165, 1.54) is 0 Å². The van der Waals surface area contributed by atoms with Gasteiger partial charge in [0, 0.05) is 57.6 Å². The monoisotopic (exact) mass is 342 g/mol. The third-order valence-corrected chi connectivity index (χ3v) is 5.74. The number of amides is 2. The lowest BCUT2D eigenvalue weighted by Crippen LogP contribution is -2.50. The van der Waals surface area contributed by atoms with Crippen LogP contribution in [-0.2, 0) is 22.6 Å². The van der Waals surface area contributed by atoms with Crippen LogP contribution in [0, 0.1) is 11.8 Å². The van der Waals surface area contributed by atoms with Crippen LogP contribution in [0.3, 0.4) is 0 Å². The first-order chi connectivity index (χ1) is 12.2. The van der Waals surface area contributed by atoms with Crippen molar-refractivity contribution < 1.29 is 9.59 Å². The molecule has 0 unspecified atom stereocenters. The lowest BCUT2D eigenvalue weighted by molar-refractivity contribution is -0.140. The second-order valence-electron chi connectivity index (χ2n) is 7.44. The number of carbonyl (C=O) groups excluding carboxylic acids is 2. The van der Waals surface area contributed by atoms with Gasteiger partial charge in [0.05, 0.1) is 11.8 Å². The van der Waals surface area contributed by atoms with E-state index in [0.29, 0.717) is 26.1 Å². The Morgan fingerprint density at radius 2 is 1.76 bits per heavy atom. The molecule has 6 heteroatoms. The molecule has 0 radical (unpaired) electrons. The minimum Gasteiger partial charge on any atom is -0.342 e. The number of hydrogen-bond acceptors (Lipinski definition) is 4. The molecule has 1 aromatic rings. The molecule has 2 fully saturated rings. The van der Waals surface area contributed by atoms with Crippen LogP contribution < -0.4 is 5.32 Å². The average molecular weight is 342 g/mol. The minimum absolute atomic E-state index is 0.0560. The maximum Gasteiger partial charge on any atom is 0.227 e. The minimum atomic E-state index is -0.0940. The van der Waals surface area contributed by atoms with E-state index in [2.05, 4.69) is 16.4 Å². The third-order valence-electron chi connectivity index (χ3n) is 5.74. The van der Waals surface area contributed by atoms with Gasteiger partial charge >= 0.3 is 0 Å². The fourth-order valence-corrected chi connectivity index (χ4v) is 4.33. The summed E-state index contributed by atoms with van der Waals surface area (Å²) in [4.78, 5) is 34.0. The van der Waals surface area contributed by atoms with Crippen LogP contribution in [0.2, 0.25) is 0 Å². The standard InChI is InChI=1S/C19H26N4O2/c24-18(22-7-1-2-8-22)15-10-16(12-20-11-15)19(25)23-9-5-17-14(13-23)4-3-6-21-17/h3-4,6,15-16,20H,1-2,5,7-13H2/t15-,16+/m0/s1. The summed E-state index contributed by atoms with van der Waals surface area (Å²) >= 11 is 0. The van der Waals surface area contributed by atoms with Crippen LogP contribution in [-0.4, -0.2) is 59.3 Å². The van der Waals surface area contributed by atoms with E-state index < -0.39 is 0 Å². The topological polar surface area (TPSA) is 65.5 Å². The van der Waals surface area contributed by atoms with Crippen LogP contribution in [0.4, 0.5) is 0 Å². The van der Waals surface area contributed by atoms with Gasteiger partial charge in [-0.1, -0.05) is 6.07 Å². The summed E-state index contributed by atoms with van der Waals surface area (Å²) in [7, 11) is 0. The summed E-state index contributed by atoms with van der Waals surface area (Å²) in [6.45, 7) is 4.51. The lowest BCUT2D eigenvalue weighted by atomic mass is 9.88. The van der Waals surface area contributed by atoms with Crippen LogP contribution >= 0.6 is 0 Å². The molecule has 0 aliphatic carbocycles. The molecule has 134 valence electrons. The van der Waals surface area contributed by atoms with Gasteiger partial charge in [-0.3, -0.25) is 14.6 Å². The maximum atomic E-state index is 13.0. The van der Waals surface area contributed by atoms with Crippen LogP contribution in [0.5, 0.6) is 0 Å². The molecule has 4 heterocycles. The van der Waals surface area contributed by atoms with Crippen LogP contribution in [0.1, 0.15) is 30.5 Å². The van der Waals surface area contributed by atoms with Crippen LogP contribution in [0.15, 0.2) is 18.3 Å². The molecule has 2 amide bonds. The quantitative estimate of drug-likeness (QED) is 0.864. The first kappa shape index (κ1) is 16.5. The van der Waals surface area contributed by atoms with Gasteiger partial charge in [0.2, 0.25) is 11.8 Å². The van der Waals surface area contributed by atoms with Crippen molar-refractivity contribution in [3.8, 4) is 0 Å². The molecular weight excluding hydrogens is 316 g/mol. The number of rotatable bonds is 2. The molecule has 3 aliphatic rings. The number of likely N-dealkylation sites (tertiary alicyclic amines) is 1. The first-order valence-corrected chi connectivity index (χ1v) is 9.43. The van der Waals surface area contributed by atoms with Gasteiger partial charge in [0.25, 0.3) is 0 Å². The average Bonchev–Trinajstić information content (AvgIpc) is 3.21. The zero-order chi connectivity index (χ0) is 17.2. The van der Waals surface area contributed by atoms with E-state index >= 15 is 0 Å². The SMILES string of the molecule is O=C([C@@H]1CNC[C@H](C(=O)N2CCc3ncccc3C2)C1)N1CCCC1. The molecule has 1 N–H and O–H groups in total. The van der Waals surface area contributed by atoms with Crippen molar-refractivity contribution in [2.75, 3.05) is 32.7 Å². The van der Waals surface area contributed by atoms with Gasteiger partial charge < -0.3 is 15.1 Å². The van der Waals surface area contributed by atoms with E-state index in [0.717, 1.165) is 50.2 Å². The summed E-state index contributed by atoms with van der Waals surface area (Å²) in [5.74, 6) is 0.264. The molecule has 1 aromatic heterocycles. The predicted molar refractivity (Wildman–Crippen MR) is 93.6 cm³/mol. The van der Waals surface area contributed by atoms with Gasteiger partial charge in [0.1, 0.15) is 0 Å². The normalized spacial score (nSPS) is 26.4. The Hall–Kier alpha value is -1.95. The molecule has 3 aliphatic heterocycles. The van der Waals surface area contributed by atoms with Crippen molar-refractivity contribution in [3.05, 3.63) is 29.6 Å². The van der Waals surface area contributed by atoms with Crippen molar-refractivity contribution in [1.29, 1.82) is 0 Å². The fourth-order valence-electron chi connectivity index (χ4n) is 4.33. The summed E-state index contributed by atoms with van der Waals surface area (Å²) in [5, 5.41) is 3.32. The van der Waals surface area contributed by atoms with Gasteiger partial charge in [-0.05, 0) is 30.9 Å². The van der Waals surface area contributed by atoms with E-state index in [1.807, 2.05) is 22.1 Å². The smallest absolute Gasteiger partial charge is 0.227 e. The van der Waals surface area contributed by atoms with E-state index in [1.54, 1.807) is 0 Å². The number of hydrogen-bond donors (Lipinski definition) is 1. The van der Waals surface area contributed by atoms with Crippen molar-refractivity contribution >= 4 is 11.8 Å². The summed E-state index contributed by atoms with van der Waals surface area (Å²) < 4.78 is 0. The molecule has 0 spiro atoms. The molecular formula is C19H26N4O2. The van der Waals surface area contributed by atoms with E-state index in [9.17, 15) is 9.59 Å². The van der Waals surface area contributed by atoms with Gasteiger partial charge in [-0.2, -0.15) is 0 Å². The second kappa shape index (κ2) is 7.12. The number of aromatic nitrogens is 1. The highest BCUT2D eigenvalue weighted by Crippen LogP contribution is 2.25. The lowest BCUT2D eigenvalue weighted by Gasteiger charge is -2.35. The number of carbonyl (C=O) groups is 2. The number of nitrogens with one attached hydrogen (secondary N) is 1. The van der Waals surface area contributed by atoms with Crippen molar-refractivity contribution in [1.82, 2.24) is 20.1 Å². The molecule has 2 saturated heterocycles. The number of pyridine rings is 1. The van der Waals surface area contributed by atoms with Gasteiger partial charge in [-0.15, -0.1) is 0 Å². The van der Waals surface area contributed by atoms with Crippen molar-refractivity contribution in [2.45, 2.75) is 32.2 Å². The molecule has 4 rings (SSSR count).